The second-order valence-electron chi connectivity index (χ2n) is 7.29. The first kappa shape index (κ1) is 21.0. The zero-order valence-corrected chi connectivity index (χ0v) is 16.3. The van der Waals surface area contributed by atoms with Gasteiger partial charge in [-0.3, -0.25) is 9.48 Å². The second kappa shape index (κ2) is 8.17. The number of rotatable bonds is 5. The SMILES string of the molecule is Cc1c(Cl)c(C(F)(F)F)nn1C(C)C(=O)NC1CCCCC1CN(C)C. The molecule has 1 N–H and O–H groups in total. The summed E-state index contributed by atoms with van der Waals surface area (Å²) in [6.45, 7) is 3.84. The average Bonchev–Trinajstić information content (AvgIpc) is 2.84. The van der Waals surface area contributed by atoms with Gasteiger partial charge in [-0.25, -0.2) is 0 Å². The smallest absolute Gasteiger partial charge is 0.351 e. The largest absolute Gasteiger partial charge is 0.436 e. The fourth-order valence-electron chi connectivity index (χ4n) is 3.56. The molecule has 0 aliphatic heterocycles. The maximum Gasteiger partial charge on any atom is 0.436 e. The molecule has 1 aromatic rings. The van der Waals surface area contributed by atoms with Crippen LogP contribution >= 0.6 is 11.6 Å². The molecule has 1 aliphatic carbocycles. The van der Waals surface area contributed by atoms with E-state index >= 15 is 0 Å². The van der Waals surface area contributed by atoms with Crippen molar-refractivity contribution < 1.29 is 18.0 Å². The van der Waals surface area contributed by atoms with Crippen molar-refractivity contribution in [2.24, 2.45) is 5.92 Å². The van der Waals surface area contributed by atoms with Gasteiger partial charge in [-0.1, -0.05) is 24.4 Å². The molecule has 1 saturated carbocycles. The highest BCUT2D eigenvalue weighted by atomic mass is 35.5. The fourth-order valence-corrected chi connectivity index (χ4v) is 3.79. The first-order chi connectivity index (χ1) is 12.0. The first-order valence-corrected chi connectivity index (χ1v) is 9.17. The predicted octanol–water partition coefficient (Wildman–Crippen LogP) is 3.66. The lowest BCUT2D eigenvalue weighted by atomic mass is 9.84. The third-order valence-electron chi connectivity index (χ3n) is 4.93. The Hall–Kier alpha value is -1.28. The Morgan fingerprint density at radius 1 is 1.38 bits per heavy atom. The molecule has 0 radical (unpaired) electrons. The van der Waals surface area contributed by atoms with Crippen LogP contribution in [-0.4, -0.2) is 47.3 Å². The molecule has 26 heavy (non-hydrogen) atoms. The van der Waals surface area contributed by atoms with Crippen LogP contribution < -0.4 is 5.32 Å². The van der Waals surface area contributed by atoms with Gasteiger partial charge in [-0.2, -0.15) is 18.3 Å². The number of hydrogen-bond acceptors (Lipinski definition) is 3. The van der Waals surface area contributed by atoms with E-state index in [1.165, 1.54) is 13.8 Å². The van der Waals surface area contributed by atoms with Crippen LogP contribution in [0.1, 0.15) is 50.0 Å². The molecule has 1 aromatic heterocycles. The van der Waals surface area contributed by atoms with Gasteiger partial charge in [0.25, 0.3) is 0 Å². The highest BCUT2D eigenvalue weighted by Crippen LogP contribution is 2.36. The summed E-state index contributed by atoms with van der Waals surface area (Å²) in [4.78, 5) is 14.7. The normalized spacial score (nSPS) is 22.5. The van der Waals surface area contributed by atoms with Crippen LogP contribution in [0.25, 0.3) is 0 Å². The molecule has 5 nitrogen and oxygen atoms in total. The number of halogens is 4. The van der Waals surface area contributed by atoms with E-state index in [1.54, 1.807) is 0 Å². The maximum atomic E-state index is 13.0. The zero-order chi connectivity index (χ0) is 19.6. The fraction of sp³-hybridized carbons (Fsp3) is 0.765. The molecule has 148 valence electrons. The number of alkyl halides is 3. The number of carbonyl (C=O) groups is 1. The van der Waals surface area contributed by atoms with Crippen molar-refractivity contribution in [3.8, 4) is 0 Å². The quantitative estimate of drug-likeness (QED) is 0.829. The lowest BCUT2D eigenvalue weighted by Crippen LogP contribution is -2.47. The summed E-state index contributed by atoms with van der Waals surface area (Å²) in [6, 6.07) is -0.847. The Balaban J connectivity index is 2.14. The molecule has 1 aliphatic rings. The molecule has 1 fully saturated rings. The molecule has 1 heterocycles. The highest BCUT2D eigenvalue weighted by molar-refractivity contribution is 6.32. The van der Waals surface area contributed by atoms with Crippen LogP contribution in [0, 0.1) is 12.8 Å². The summed E-state index contributed by atoms with van der Waals surface area (Å²) < 4.78 is 40.0. The summed E-state index contributed by atoms with van der Waals surface area (Å²) in [5, 5.41) is 6.11. The van der Waals surface area contributed by atoms with E-state index in [0.29, 0.717) is 5.92 Å². The van der Waals surface area contributed by atoms with Gasteiger partial charge in [-0.05, 0) is 46.7 Å². The van der Waals surface area contributed by atoms with Crippen LogP contribution in [0.5, 0.6) is 0 Å². The standard InChI is InChI=1S/C17H26ClF3N4O/c1-10-14(18)15(17(19,20)21)23-25(10)11(2)16(26)22-13-8-6-5-7-12(13)9-24(3)4/h11-13H,5-9H2,1-4H3,(H,22,26). The van der Waals surface area contributed by atoms with Gasteiger partial charge in [0.2, 0.25) is 5.91 Å². The Morgan fingerprint density at radius 3 is 2.54 bits per heavy atom. The third-order valence-corrected chi connectivity index (χ3v) is 5.38. The van der Waals surface area contributed by atoms with Crippen molar-refractivity contribution in [2.75, 3.05) is 20.6 Å². The molecule has 0 bridgehead atoms. The van der Waals surface area contributed by atoms with Gasteiger partial charge in [0.05, 0.1) is 10.7 Å². The summed E-state index contributed by atoms with van der Waals surface area (Å²) in [5.41, 5.74) is -1.02. The Labute approximate surface area is 156 Å². The minimum Gasteiger partial charge on any atom is -0.351 e. The molecular weight excluding hydrogens is 369 g/mol. The van der Waals surface area contributed by atoms with Crippen molar-refractivity contribution in [3.63, 3.8) is 0 Å². The molecule has 0 aromatic carbocycles. The van der Waals surface area contributed by atoms with Gasteiger partial charge in [0.1, 0.15) is 6.04 Å². The van der Waals surface area contributed by atoms with E-state index in [1.807, 2.05) is 14.1 Å². The van der Waals surface area contributed by atoms with Gasteiger partial charge in [0, 0.05) is 12.6 Å². The maximum absolute atomic E-state index is 13.0. The van der Waals surface area contributed by atoms with Crippen molar-refractivity contribution in [3.05, 3.63) is 16.4 Å². The number of aromatic nitrogens is 2. The van der Waals surface area contributed by atoms with Crippen molar-refractivity contribution in [1.29, 1.82) is 0 Å². The summed E-state index contributed by atoms with van der Waals surface area (Å²) >= 11 is 5.78. The van der Waals surface area contributed by atoms with Crippen LogP contribution in [0.3, 0.4) is 0 Å². The Kier molecular flexibility index (Phi) is 6.60. The van der Waals surface area contributed by atoms with E-state index in [4.69, 9.17) is 11.6 Å². The van der Waals surface area contributed by atoms with E-state index in [9.17, 15) is 18.0 Å². The van der Waals surface area contributed by atoms with Crippen LogP contribution in [0.15, 0.2) is 0 Å². The first-order valence-electron chi connectivity index (χ1n) is 8.79. The lowest BCUT2D eigenvalue weighted by molar-refractivity contribution is -0.142. The molecular formula is C17H26ClF3N4O. The number of amides is 1. The minimum atomic E-state index is -4.65. The molecule has 9 heteroatoms. The third kappa shape index (κ3) is 4.71. The van der Waals surface area contributed by atoms with E-state index in [-0.39, 0.29) is 17.6 Å². The number of carbonyl (C=O) groups excluding carboxylic acids is 1. The van der Waals surface area contributed by atoms with E-state index < -0.39 is 22.9 Å². The monoisotopic (exact) mass is 394 g/mol. The number of nitrogens with one attached hydrogen (secondary N) is 1. The lowest BCUT2D eigenvalue weighted by Gasteiger charge is -2.34. The van der Waals surface area contributed by atoms with Crippen molar-refractivity contribution in [1.82, 2.24) is 20.0 Å². The Bertz CT molecular complexity index is 645. The van der Waals surface area contributed by atoms with E-state index in [0.717, 1.165) is 36.9 Å². The van der Waals surface area contributed by atoms with Crippen LogP contribution in [0.4, 0.5) is 13.2 Å². The van der Waals surface area contributed by atoms with Crippen molar-refractivity contribution >= 4 is 17.5 Å². The summed E-state index contributed by atoms with van der Waals surface area (Å²) in [5.74, 6) is -0.000380. The molecule has 3 atom stereocenters. The van der Waals surface area contributed by atoms with Crippen LogP contribution in [0.2, 0.25) is 5.02 Å². The van der Waals surface area contributed by atoms with Crippen LogP contribution in [-0.2, 0) is 11.0 Å². The highest BCUT2D eigenvalue weighted by Gasteiger charge is 2.39. The summed E-state index contributed by atoms with van der Waals surface area (Å²) in [7, 11) is 3.98. The molecule has 3 unspecified atom stereocenters. The molecule has 1 amide bonds. The molecule has 2 rings (SSSR count). The van der Waals surface area contributed by atoms with Gasteiger partial charge >= 0.3 is 6.18 Å². The van der Waals surface area contributed by atoms with Gasteiger partial charge < -0.3 is 10.2 Å². The zero-order valence-electron chi connectivity index (χ0n) is 15.5. The number of nitrogens with zero attached hydrogens (tertiary/aromatic N) is 3. The Morgan fingerprint density at radius 2 is 2.00 bits per heavy atom. The predicted molar refractivity (Wildman–Crippen MR) is 94.1 cm³/mol. The van der Waals surface area contributed by atoms with Crippen molar-refractivity contribution in [2.45, 2.75) is 57.8 Å². The number of hydrogen-bond donors (Lipinski definition) is 1. The van der Waals surface area contributed by atoms with Gasteiger partial charge in [0.15, 0.2) is 5.69 Å². The topological polar surface area (TPSA) is 50.2 Å². The summed E-state index contributed by atoms with van der Waals surface area (Å²) in [6.07, 6.45) is -0.577. The molecule has 0 saturated heterocycles. The second-order valence-corrected chi connectivity index (χ2v) is 7.67. The van der Waals surface area contributed by atoms with E-state index in [2.05, 4.69) is 15.3 Å². The van der Waals surface area contributed by atoms with Gasteiger partial charge in [-0.15, -0.1) is 0 Å². The average molecular weight is 395 g/mol. The molecule has 0 spiro atoms. The minimum absolute atomic E-state index is 0.0227.